The van der Waals surface area contributed by atoms with E-state index in [2.05, 4.69) is 0 Å². The highest BCUT2D eigenvalue weighted by molar-refractivity contribution is 7.91. The smallest absolute Gasteiger partial charge is 0.336 e. The maximum atomic E-state index is 12.7. The van der Waals surface area contributed by atoms with Crippen LogP contribution in [-0.4, -0.2) is 29.8 Å². The summed E-state index contributed by atoms with van der Waals surface area (Å²) in [6, 6.07) is 3.18. The number of carbonyl (C=O) groups is 1. The van der Waals surface area contributed by atoms with Gasteiger partial charge in [-0.3, -0.25) is 0 Å². The summed E-state index contributed by atoms with van der Waals surface area (Å²) in [7, 11) is -3.63. The number of aromatic carboxylic acids is 1. The van der Waals surface area contributed by atoms with Gasteiger partial charge >= 0.3 is 5.97 Å². The van der Waals surface area contributed by atoms with E-state index in [1.807, 2.05) is 16.8 Å². The molecule has 112 valence electrons. The maximum absolute atomic E-state index is 12.7. The lowest BCUT2D eigenvalue weighted by Gasteiger charge is -2.20. The highest BCUT2D eigenvalue weighted by Crippen LogP contribution is 2.35. The van der Waals surface area contributed by atoms with Gasteiger partial charge in [0, 0.05) is 18.0 Å². The Labute approximate surface area is 130 Å². The van der Waals surface area contributed by atoms with Gasteiger partial charge in [0.2, 0.25) is 0 Å². The van der Waals surface area contributed by atoms with Crippen molar-refractivity contribution in [1.29, 1.82) is 0 Å². The summed E-state index contributed by atoms with van der Waals surface area (Å²) in [6.07, 6.45) is 1.72. The quantitative estimate of drug-likeness (QED) is 0.875. The Morgan fingerprint density at radius 1 is 1.38 bits per heavy atom. The topological polar surface area (TPSA) is 74.7 Å². The first-order valence-electron chi connectivity index (χ1n) is 6.33. The van der Waals surface area contributed by atoms with Gasteiger partial charge in [-0.05, 0) is 41.3 Å². The van der Waals surface area contributed by atoms with Crippen LogP contribution < -0.4 is 0 Å². The summed E-state index contributed by atoms with van der Waals surface area (Å²) in [5, 5.41) is 14.1. The summed E-state index contributed by atoms with van der Waals surface area (Å²) in [6.45, 7) is 0.344. The molecule has 1 aliphatic rings. The monoisotopic (exact) mass is 343 g/mol. The van der Waals surface area contributed by atoms with E-state index in [0.717, 1.165) is 29.7 Å². The van der Waals surface area contributed by atoms with E-state index in [1.54, 1.807) is 0 Å². The molecule has 2 heterocycles. The lowest BCUT2D eigenvalue weighted by molar-refractivity contribution is 0.0697. The van der Waals surface area contributed by atoms with E-state index in [-0.39, 0.29) is 15.8 Å². The normalized spacial score (nSPS) is 15.5. The number of carboxylic acid groups (broad SMARTS) is 1. The minimum atomic E-state index is -3.63. The van der Waals surface area contributed by atoms with Crippen molar-refractivity contribution >= 4 is 38.7 Å². The Morgan fingerprint density at radius 2 is 2.14 bits per heavy atom. The number of nitrogens with zero attached hydrogens (tertiary/aromatic N) is 1. The van der Waals surface area contributed by atoms with Crippen molar-refractivity contribution in [3.63, 3.8) is 0 Å². The summed E-state index contributed by atoms with van der Waals surface area (Å²) in [4.78, 5) is 10.9. The fraction of sp³-hybridized carbons (Fsp3) is 0.308. The molecule has 1 saturated carbocycles. The van der Waals surface area contributed by atoms with Crippen LogP contribution in [0.3, 0.4) is 0 Å². The Kier molecular flexibility index (Phi) is 3.87. The van der Waals surface area contributed by atoms with E-state index in [9.17, 15) is 13.2 Å². The fourth-order valence-corrected chi connectivity index (χ4v) is 5.63. The SMILES string of the molecule is O=C(O)c1csc(S(=O)(=O)N(Cc2ccsc2)C2CC2)c1. The van der Waals surface area contributed by atoms with Crippen LogP contribution in [-0.2, 0) is 16.6 Å². The average molecular weight is 343 g/mol. The zero-order chi connectivity index (χ0) is 15.0. The fourth-order valence-electron chi connectivity index (χ4n) is 2.01. The maximum Gasteiger partial charge on any atom is 0.336 e. The van der Waals surface area contributed by atoms with Crippen molar-refractivity contribution in [1.82, 2.24) is 4.31 Å². The molecule has 0 saturated heterocycles. The largest absolute Gasteiger partial charge is 0.478 e. The second-order valence-corrected chi connectivity index (χ2v) is 8.68. The van der Waals surface area contributed by atoms with Crippen LogP contribution in [0, 0.1) is 0 Å². The average Bonchev–Trinajstić information content (AvgIpc) is 2.95. The van der Waals surface area contributed by atoms with Crippen LogP contribution in [0.5, 0.6) is 0 Å². The van der Waals surface area contributed by atoms with Gasteiger partial charge in [0.25, 0.3) is 10.0 Å². The highest BCUT2D eigenvalue weighted by Gasteiger charge is 2.39. The van der Waals surface area contributed by atoms with Crippen molar-refractivity contribution < 1.29 is 18.3 Å². The van der Waals surface area contributed by atoms with Crippen molar-refractivity contribution in [3.05, 3.63) is 39.4 Å². The van der Waals surface area contributed by atoms with E-state index in [0.29, 0.717) is 6.54 Å². The van der Waals surface area contributed by atoms with Gasteiger partial charge in [-0.1, -0.05) is 0 Å². The minimum absolute atomic E-state index is 0.0184. The number of sulfonamides is 1. The molecule has 0 spiro atoms. The minimum Gasteiger partial charge on any atom is -0.478 e. The molecule has 1 N–H and O–H groups in total. The van der Waals surface area contributed by atoms with E-state index < -0.39 is 16.0 Å². The van der Waals surface area contributed by atoms with Crippen molar-refractivity contribution in [2.75, 3.05) is 0 Å². The lowest BCUT2D eigenvalue weighted by atomic mass is 10.3. The molecular formula is C13H13NO4S3. The molecule has 1 aliphatic carbocycles. The summed E-state index contributed by atoms with van der Waals surface area (Å²) < 4.78 is 27.0. The van der Waals surface area contributed by atoms with E-state index in [1.165, 1.54) is 27.1 Å². The molecule has 0 bridgehead atoms. The summed E-state index contributed by atoms with van der Waals surface area (Å²) in [5.41, 5.74) is 0.982. The van der Waals surface area contributed by atoms with Gasteiger partial charge in [-0.2, -0.15) is 15.6 Å². The predicted molar refractivity (Wildman–Crippen MR) is 81.3 cm³/mol. The molecule has 0 unspecified atom stereocenters. The van der Waals surface area contributed by atoms with Gasteiger partial charge in [0.05, 0.1) is 5.56 Å². The first-order valence-corrected chi connectivity index (χ1v) is 9.59. The van der Waals surface area contributed by atoms with E-state index in [4.69, 9.17) is 5.11 Å². The van der Waals surface area contributed by atoms with Gasteiger partial charge in [0.1, 0.15) is 4.21 Å². The predicted octanol–water partition coefficient (Wildman–Crippen LogP) is 2.86. The van der Waals surface area contributed by atoms with Crippen LogP contribution in [0.15, 0.2) is 32.5 Å². The molecule has 0 radical (unpaired) electrons. The third-order valence-corrected chi connectivity index (χ3v) is 7.30. The van der Waals surface area contributed by atoms with Crippen LogP contribution in [0.1, 0.15) is 28.8 Å². The second-order valence-electron chi connectivity index (χ2n) is 4.87. The number of hydrogen-bond donors (Lipinski definition) is 1. The number of carboxylic acids is 1. The molecule has 5 nitrogen and oxygen atoms in total. The van der Waals surface area contributed by atoms with Gasteiger partial charge in [0.15, 0.2) is 0 Å². The number of hydrogen-bond acceptors (Lipinski definition) is 5. The van der Waals surface area contributed by atoms with Crippen LogP contribution in [0.25, 0.3) is 0 Å². The van der Waals surface area contributed by atoms with Crippen LogP contribution in [0.2, 0.25) is 0 Å². The molecule has 1 fully saturated rings. The molecule has 8 heteroatoms. The molecule has 21 heavy (non-hydrogen) atoms. The molecule has 0 aromatic carbocycles. The molecule has 2 aromatic heterocycles. The standard InChI is InChI=1S/C13H13NO4S3/c15-13(16)10-5-12(20-8-10)21(17,18)14(11-1-2-11)6-9-3-4-19-7-9/h3-5,7-8,11H,1-2,6H2,(H,15,16). The zero-order valence-corrected chi connectivity index (χ0v) is 13.4. The molecule has 2 aromatic rings. The van der Waals surface area contributed by atoms with Crippen LogP contribution in [0.4, 0.5) is 0 Å². The lowest BCUT2D eigenvalue weighted by Crippen LogP contribution is -2.32. The molecule has 0 aliphatic heterocycles. The summed E-state index contributed by atoms with van der Waals surface area (Å²) >= 11 is 2.49. The van der Waals surface area contributed by atoms with Crippen molar-refractivity contribution in [2.45, 2.75) is 29.6 Å². The van der Waals surface area contributed by atoms with Crippen molar-refractivity contribution in [3.8, 4) is 0 Å². The first-order chi connectivity index (χ1) is 9.98. The first kappa shape index (κ1) is 14.7. The molecule has 3 rings (SSSR count). The van der Waals surface area contributed by atoms with Gasteiger partial charge in [-0.15, -0.1) is 11.3 Å². The second kappa shape index (κ2) is 5.53. The zero-order valence-electron chi connectivity index (χ0n) is 10.9. The Hall–Kier alpha value is -1.22. The van der Waals surface area contributed by atoms with Gasteiger partial charge in [-0.25, -0.2) is 13.2 Å². The highest BCUT2D eigenvalue weighted by atomic mass is 32.2. The van der Waals surface area contributed by atoms with Gasteiger partial charge < -0.3 is 5.11 Å². The Bertz CT molecular complexity index is 744. The molecule has 0 atom stereocenters. The van der Waals surface area contributed by atoms with Crippen LogP contribution >= 0.6 is 22.7 Å². The third-order valence-electron chi connectivity index (χ3n) is 3.26. The van der Waals surface area contributed by atoms with E-state index >= 15 is 0 Å². The number of rotatable bonds is 6. The third kappa shape index (κ3) is 3.03. The number of thiophene rings is 2. The Morgan fingerprint density at radius 3 is 2.67 bits per heavy atom. The summed E-state index contributed by atoms with van der Waals surface area (Å²) in [5.74, 6) is -1.11. The van der Waals surface area contributed by atoms with Crippen molar-refractivity contribution in [2.24, 2.45) is 0 Å². The Balaban J connectivity index is 1.91. The molecule has 0 amide bonds. The molecular weight excluding hydrogens is 330 g/mol.